The Labute approximate surface area is 131 Å². The predicted octanol–water partition coefficient (Wildman–Crippen LogP) is 4.79. The number of thiophene rings is 1. The Balaban J connectivity index is 1.82. The standard InChI is InChI=1S/C17H24N2OS/c1-4-7-14(5-2)9-10-18-12-15-13(3)20-17(19-15)16-8-6-11-21-16/h4,6,8,11,14,18H,1,5,7,9-10,12H2,2-3H3. The van der Waals surface area contributed by atoms with Crippen LogP contribution in [0, 0.1) is 12.8 Å². The number of nitrogens with one attached hydrogen (secondary N) is 1. The lowest BCUT2D eigenvalue weighted by atomic mass is 9.99. The van der Waals surface area contributed by atoms with E-state index in [0.29, 0.717) is 0 Å². The summed E-state index contributed by atoms with van der Waals surface area (Å²) in [7, 11) is 0. The molecule has 0 spiro atoms. The van der Waals surface area contributed by atoms with Gasteiger partial charge in [0.05, 0.1) is 10.6 Å². The van der Waals surface area contributed by atoms with Crippen molar-refractivity contribution >= 4 is 11.3 Å². The molecule has 0 aromatic carbocycles. The summed E-state index contributed by atoms with van der Waals surface area (Å²) >= 11 is 1.65. The molecule has 114 valence electrons. The smallest absolute Gasteiger partial charge is 0.236 e. The fourth-order valence-corrected chi connectivity index (χ4v) is 2.98. The van der Waals surface area contributed by atoms with Crippen molar-refractivity contribution < 1.29 is 4.42 Å². The third-order valence-electron chi connectivity index (χ3n) is 3.72. The van der Waals surface area contributed by atoms with Crippen LogP contribution in [0.1, 0.15) is 37.6 Å². The lowest BCUT2D eigenvalue weighted by Crippen LogP contribution is -2.18. The summed E-state index contributed by atoms with van der Waals surface area (Å²) < 4.78 is 5.74. The minimum atomic E-state index is 0.732. The van der Waals surface area contributed by atoms with Crippen LogP contribution in [-0.4, -0.2) is 11.5 Å². The molecule has 2 aromatic rings. The third-order valence-corrected chi connectivity index (χ3v) is 4.58. The number of allylic oxidation sites excluding steroid dienone is 1. The van der Waals surface area contributed by atoms with Crippen LogP contribution in [0.2, 0.25) is 0 Å². The first-order valence-corrected chi connectivity index (χ1v) is 8.44. The second kappa shape index (κ2) is 8.15. The highest BCUT2D eigenvalue weighted by molar-refractivity contribution is 7.13. The summed E-state index contributed by atoms with van der Waals surface area (Å²) in [6.07, 6.45) is 5.50. The van der Waals surface area contributed by atoms with Gasteiger partial charge in [0, 0.05) is 6.54 Å². The van der Waals surface area contributed by atoms with Gasteiger partial charge in [-0.2, -0.15) is 0 Å². The molecular weight excluding hydrogens is 280 g/mol. The van der Waals surface area contributed by atoms with Crippen molar-refractivity contribution in [3.05, 3.63) is 41.6 Å². The van der Waals surface area contributed by atoms with Crippen LogP contribution in [0.15, 0.2) is 34.6 Å². The van der Waals surface area contributed by atoms with Gasteiger partial charge >= 0.3 is 0 Å². The Morgan fingerprint density at radius 1 is 1.52 bits per heavy atom. The molecular formula is C17H24N2OS. The molecule has 0 saturated heterocycles. The maximum atomic E-state index is 5.74. The summed E-state index contributed by atoms with van der Waals surface area (Å²) in [6, 6.07) is 4.05. The molecule has 0 aliphatic carbocycles. The van der Waals surface area contributed by atoms with Gasteiger partial charge in [0.15, 0.2) is 0 Å². The lowest BCUT2D eigenvalue weighted by molar-refractivity contribution is 0.454. The molecule has 0 bridgehead atoms. The monoisotopic (exact) mass is 304 g/mol. The zero-order chi connectivity index (χ0) is 15.1. The van der Waals surface area contributed by atoms with Crippen molar-refractivity contribution in [2.75, 3.05) is 6.54 Å². The Hall–Kier alpha value is -1.39. The average Bonchev–Trinajstić information content (AvgIpc) is 3.12. The van der Waals surface area contributed by atoms with Gasteiger partial charge in [-0.1, -0.05) is 25.5 Å². The van der Waals surface area contributed by atoms with E-state index in [9.17, 15) is 0 Å². The molecule has 1 unspecified atom stereocenters. The number of hydrogen-bond donors (Lipinski definition) is 1. The highest BCUT2D eigenvalue weighted by Crippen LogP contribution is 2.25. The second-order valence-electron chi connectivity index (χ2n) is 5.26. The molecule has 0 aliphatic heterocycles. The predicted molar refractivity (Wildman–Crippen MR) is 89.5 cm³/mol. The molecule has 1 N–H and O–H groups in total. The van der Waals surface area contributed by atoms with E-state index in [4.69, 9.17) is 4.42 Å². The minimum absolute atomic E-state index is 0.732. The number of oxazole rings is 1. The summed E-state index contributed by atoms with van der Waals surface area (Å²) in [5.74, 6) is 2.37. The van der Waals surface area contributed by atoms with E-state index in [1.54, 1.807) is 11.3 Å². The molecule has 0 saturated carbocycles. The molecule has 2 rings (SSSR count). The molecule has 1 atom stereocenters. The third kappa shape index (κ3) is 4.55. The molecule has 0 aliphatic rings. The first kappa shape index (κ1) is 16.0. The Morgan fingerprint density at radius 3 is 3.05 bits per heavy atom. The maximum Gasteiger partial charge on any atom is 0.236 e. The topological polar surface area (TPSA) is 38.1 Å². The van der Waals surface area contributed by atoms with E-state index in [1.165, 1.54) is 12.8 Å². The maximum absolute atomic E-state index is 5.74. The number of aromatic nitrogens is 1. The molecule has 21 heavy (non-hydrogen) atoms. The first-order chi connectivity index (χ1) is 10.2. The van der Waals surface area contributed by atoms with Crippen molar-refractivity contribution in [2.24, 2.45) is 5.92 Å². The van der Waals surface area contributed by atoms with Gasteiger partial charge in [-0.15, -0.1) is 17.9 Å². The van der Waals surface area contributed by atoms with Gasteiger partial charge in [-0.25, -0.2) is 4.98 Å². The summed E-state index contributed by atoms with van der Waals surface area (Å²) in [6.45, 7) is 9.82. The largest absolute Gasteiger partial charge is 0.440 e. The van der Waals surface area contributed by atoms with Crippen LogP contribution in [0.4, 0.5) is 0 Å². The molecule has 2 aromatic heterocycles. The molecule has 0 radical (unpaired) electrons. The summed E-state index contributed by atoms with van der Waals surface area (Å²) in [5.41, 5.74) is 1.01. The molecule has 4 heteroatoms. The van der Waals surface area contributed by atoms with Crippen LogP contribution in [0.3, 0.4) is 0 Å². The molecule has 3 nitrogen and oxygen atoms in total. The summed E-state index contributed by atoms with van der Waals surface area (Å²) in [4.78, 5) is 5.68. The van der Waals surface area contributed by atoms with Crippen molar-refractivity contribution in [2.45, 2.75) is 39.7 Å². The Morgan fingerprint density at radius 2 is 2.38 bits per heavy atom. The number of rotatable bonds is 9. The van der Waals surface area contributed by atoms with Crippen LogP contribution >= 0.6 is 11.3 Å². The van der Waals surface area contributed by atoms with Crippen molar-refractivity contribution in [1.82, 2.24) is 10.3 Å². The number of hydrogen-bond acceptors (Lipinski definition) is 4. The molecule has 0 amide bonds. The number of aryl methyl sites for hydroxylation is 1. The first-order valence-electron chi connectivity index (χ1n) is 7.56. The quantitative estimate of drug-likeness (QED) is 0.534. The van der Waals surface area contributed by atoms with E-state index < -0.39 is 0 Å². The normalized spacial score (nSPS) is 12.5. The zero-order valence-corrected chi connectivity index (χ0v) is 13.7. The van der Waals surface area contributed by atoms with E-state index in [0.717, 1.165) is 47.7 Å². The Kier molecular flexibility index (Phi) is 6.21. The lowest BCUT2D eigenvalue weighted by Gasteiger charge is -2.12. The van der Waals surface area contributed by atoms with Gasteiger partial charge < -0.3 is 9.73 Å². The van der Waals surface area contributed by atoms with Gasteiger partial charge in [-0.05, 0) is 43.7 Å². The van der Waals surface area contributed by atoms with Crippen LogP contribution in [0.5, 0.6) is 0 Å². The SMILES string of the molecule is C=CCC(CC)CCNCc1nc(-c2cccs2)oc1C. The molecule has 0 fully saturated rings. The fourth-order valence-electron chi connectivity index (χ4n) is 2.34. The number of nitrogens with zero attached hydrogens (tertiary/aromatic N) is 1. The van der Waals surface area contributed by atoms with E-state index in [1.807, 2.05) is 30.5 Å². The highest BCUT2D eigenvalue weighted by Gasteiger charge is 2.12. The van der Waals surface area contributed by atoms with Crippen LogP contribution in [-0.2, 0) is 6.54 Å². The van der Waals surface area contributed by atoms with Crippen molar-refractivity contribution in [3.63, 3.8) is 0 Å². The van der Waals surface area contributed by atoms with Crippen LogP contribution < -0.4 is 5.32 Å². The van der Waals surface area contributed by atoms with E-state index in [2.05, 4.69) is 23.8 Å². The van der Waals surface area contributed by atoms with Gasteiger partial charge in [-0.3, -0.25) is 0 Å². The van der Waals surface area contributed by atoms with Gasteiger partial charge in [0.2, 0.25) is 5.89 Å². The van der Waals surface area contributed by atoms with Crippen molar-refractivity contribution in [1.29, 1.82) is 0 Å². The highest BCUT2D eigenvalue weighted by atomic mass is 32.1. The average molecular weight is 304 g/mol. The van der Waals surface area contributed by atoms with E-state index >= 15 is 0 Å². The second-order valence-corrected chi connectivity index (χ2v) is 6.21. The van der Waals surface area contributed by atoms with Gasteiger partial charge in [0.25, 0.3) is 0 Å². The minimum Gasteiger partial charge on any atom is -0.440 e. The summed E-state index contributed by atoms with van der Waals surface area (Å²) in [5, 5.41) is 5.51. The fraction of sp³-hybridized carbons (Fsp3) is 0.471. The van der Waals surface area contributed by atoms with E-state index in [-0.39, 0.29) is 0 Å². The molecule has 2 heterocycles. The Bertz CT molecular complexity index is 545. The van der Waals surface area contributed by atoms with Crippen molar-refractivity contribution in [3.8, 4) is 10.8 Å². The van der Waals surface area contributed by atoms with Gasteiger partial charge in [0.1, 0.15) is 5.76 Å². The zero-order valence-electron chi connectivity index (χ0n) is 12.9. The van der Waals surface area contributed by atoms with Crippen LogP contribution in [0.25, 0.3) is 10.8 Å².